The van der Waals surface area contributed by atoms with Crippen LogP contribution in [0.4, 0.5) is 0 Å². The number of carbonyl (C=O) groups excluding carboxylic acids is 1. The Hall–Kier alpha value is -1.35. The van der Waals surface area contributed by atoms with Gasteiger partial charge in [-0.3, -0.25) is 4.79 Å². The van der Waals surface area contributed by atoms with Crippen molar-refractivity contribution in [2.75, 3.05) is 6.61 Å². The van der Waals surface area contributed by atoms with Gasteiger partial charge in [0.15, 0.2) is 0 Å². The van der Waals surface area contributed by atoms with Crippen molar-refractivity contribution >= 4 is 5.97 Å². The molecule has 1 aromatic carbocycles. The van der Waals surface area contributed by atoms with Gasteiger partial charge in [-0.15, -0.1) is 0 Å². The Kier molecular flexibility index (Phi) is 4.84. The summed E-state index contributed by atoms with van der Waals surface area (Å²) >= 11 is 0. The second-order valence-corrected chi connectivity index (χ2v) is 3.51. The van der Waals surface area contributed by atoms with Crippen molar-refractivity contribution in [1.29, 1.82) is 0 Å². The third kappa shape index (κ3) is 4.13. The summed E-state index contributed by atoms with van der Waals surface area (Å²) in [7, 11) is 0. The zero-order valence-electron chi connectivity index (χ0n) is 8.85. The van der Waals surface area contributed by atoms with E-state index in [0.717, 1.165) is 5.56 Å². The van der Waals surface area contributed by atoms with Crippen molar-refractivity contribution in [3.05, 3.63) is 35.9 Å². The maximum atomic E-state index is 11.4. The van der Waals surface area contributed by atoms with Gasteiger partial charge < -0.3 is 9.84 Å². The first-order chi connectivity index (χ1) is 7.24. The van der Waals surface area contributed by atoms with Crippen LogP contribution in [0, 0.1) is 5.92 Å². The minimum atomic E-state index is -0.257. The van der Waals surface area contributed by atoms with Gasteiger partial charge in [-0.25, -0.2) is 0 Å². The van der Waals surface area contributed by atoms with E-state index >= 15 is 0 Å². The molecule has 0 aromatic heterocycles. The maximum absolute atomic E-state index is 11.4. The molecule has 0 bridgehead atoms. The fourth-order valence-electron chi connectivity index (χ4n) is 1.18. The van der Waals surface area contributed by atoms with Crippen LogP contribution < -0.4 is 0 Å². The highest BCUT2D eigenvalue weighted by molar-refractivity contribution is 5.71. The molecule has 1 N–H and O–H groups in total. The lowest BCUT2D eigenvalue weighted by Crippen LogP contribution is -2.15. The third-order valence-corrected chi connectivity index (χ3v) is 2.19. The molecule has 3 heteroatoms. The van der Waals surface area contributed by atoms with Gasteiger partial charge in [-0.2, -0.15) is 0 Å². The van der Waals surface area contributed by atoms with Crippen molar-refractivity contribution in [3.63, 3.8) is 0 Å². The normalized spacial score (nSPS) is 12.1. The van der Waals surface area contributed by atoms with E-state index in [0.29, 0.717) is 13.0 Å². The average molecular weight is 208 g/mol. The number of hydrogen-bond acceptors (Lipinski definition) is 3. The van der Waals surface area contributed by atoms with Crippen LogP contribution in [-0.2, 0) is 16.1 Å². The molecule has 0 aliphatic heterocycles. The Morgan fingerprint density at radius 1 is 1.40 bits per heavy atom. The number of carbonyl (C=O) groups is 1. The maximum Gasteiger partial charge on any atom is 0.309 e. The molecule has 1 rings (SSSR count). The van der Waals surface area contributed by atoms with Crippen molar-refractivity contribution in [1.82, 2.24) is 0 Å². The van der Waals surface area contributed by atoms with Gasteiger partial charge in [0.1, 0.15) is 6.61 Å². The van der Waals surface area contributed by atoms with Crippen LogP contribution in [0.3, 0.4) is 0 Å². The highest BCUT2D eigenvalue weighted by Crippen LogP contribution is 2.07. The predicted octanol–water partition coefficient (Wildman–Crippen LogP) is 1.75. The largest absolute Gasteiger partial charge is 0.461 e. The Morgan fingerprint density at radius 2 is 2.07 bits per heavy atom. The highest BCUT2D eigenvalue weighted by atomic mass is 16.5. The summed E-state index contributed by atoms with van der Waals surface area (Å²) < 4.78 is 5.09. The molecule has 1 atom stereocenters. The van der Waals surface area contributed by atoms with Crippen LogP contribution in [0.1, 0.15) is 18.9 Å². The summed E-state index contributed by atoms with van der Waals surface area (Å²) in [6, 6.07) is 9.54. The van der Waals surface area contributed by atoms with E-state index in [1.165, 1.54) is 0 Å². The van der Waals surface area contributed by atoms with Crippen LogP contribution >= 0.6 is 0 Å². The fourth-order valence-corrected chi connectivity index (χ4v) is 1.18. The van der Waals surface area contributed by atoms with Crippen LogP contribution in [0.15, 0.2) is 30.3 Å². The van der Waals surface area contributed by atoms with E-state index in [9.17, 15) is 4.79 Å². The lowest BCUT2D eigenvalue weighted by atomic mass is 10.1. The second kappa shape index (κ2) is 6.19. The summed E-state index contributed by atoms with van der Waals surface area (Å²) in [6.07, 6.45) is 0.452. The summed E-state index contributed by atoms with van der Waals surface area (Å²) in [4.78, 5) is 11.4. The number of ether oxygens (including phenoxy) is 1. The second-order valence-electron chi connectivity index (χ2n) is 3.51. The third-order valence-electron chi connectivity index (χ3n) is 2.19. The summed E-state index contributed by atoms with van der Waals surface area (Å²) in [5.41, 5.74) is 0.974. The Labute approximate surface area is 89.7 Å². The average Bonchev–Trinajstić information content (AvgIpc) is 2.27. The monoisotopic (exact) mass is 208 g/mol. The first-order valence-corrected chi connectivity index (χ1v) is 5.05. The summed E-state index contributed by atoms with van der Waals surface area (Å²) in [6.45, 7) is 2.07. The molecule has 0 aliphatic carbocycles. The van der Waals surface area contributed by atoms with Crippen LogP contribution in [-0.4, -0.2) is 17.7 Å². The Bertz CT molecular complexity index is 295. The molecule has 15 heavy (non-hydrogen) atoms. The molecule has 0 radical (unpaired) electrons. The van der Waals surface area contributed by atoms with Gasteiger partial charge >= 0.3 is 5.97 Å². The van der Waals surface area contributed by atoms with Crippen molar-refractivity contribution in [3.8, 4) is 0 Å². The number of aliphatic hydroxyl groups is 1. The molecule has 0 saturated heterocycles. The topological polar surface area (TPSA) is 46.5 Å². The molecule has 0 heterocycles. The first-order valence-electron chi connectivity index (χ1n) is 5.05. The van der Waals surface area contributed by atoms with Gasteiger partial charge in [0.25, 0.3) is 0 Å². The number of esters is 1. The van der Waals surface area contributed by atoms with E-state index in [1.807, 2.05) is 30.3 Å². The highest BCUT2D eigenvalue weighted by Gasteiger charge is 2.13. The molecular formula is C12H16O3. The van der Waals surface area contributed by atoms with Crippen molar-refractivity contribution in [2.24, 2.45) is 5.92 Å². The number of aliphatic hydroxyl groups excluding tert-OH is 1. The van der Waals surface area contributed by atoms with Crippen molar-refractivity contribution in [2.45, 2.75) is 20.0 Å². The molecule has 0 aliphatic rings. The smallest absolute Gasteiger partial charge is 0.309 e. The standard InChI is InChI=1S/C12H16O3/c1-10(7-8-13)12(14)15-9-11-5-3-2-4-6-11/h2-6,10,13H,7-9H2,1H3/t10-/m1/s1. The van der Waals surface area contributed by atoms with Crippen LogP contribution in [0.5, 0.6) is 0 Å². The van der Waals surface area contributed by atoms with Gasteiger partial charge in [0, 0.05) is 6.61 Å². The molecular weight excluding hydrogens is 192 g/mol. The Balaban J connectivity index is 2.34. The zero-order valence-corrected chi connectivity index (χ0v) is 8.85. The van der Waals surface area contributed by atoms with E-state index in [1.54, 1.807) is 6.92 Å². The van der Waals surface area contributed by atoms with Crippen LogP contribution in [0.2, 0.25) is 0 Å². The first kappa shape index (κ1) is 11.7. The minimum Gasteiger partial charge on any atom is -0.461 e. The lowest BCUT2D eigenvalue weighted by Gasteiger charge is -2.09. The molecule has 82 valence electrons. The van der Waals surface area contributed by atoms with Gasteiger partial charge in [-0.1, -0.05) is 37.3 Å². The van der Waals surface area contributed by atoms with Gasteiger partial charge in [-0.05, 0) is 12.0 Å². The predicted molar refractivity (Wildman–Crippen MR) is 57.1 cm³/mol. The number of hydrogen-bond donors (Lipinski definition) is 1. The molecule has 0 fully saturated rings. The van der Waals surface area contributed by atoms with Gasteiger partial charge in [0.05, 0.1) is 5.92 Å². The summed E-state index contributed by atoms with van der Waals surface area (Å²) in [5.74, 6) is -0.494. The summed E-state index contributed by atoms with van der Waals surface area (Å²) in [5, 5.41) is 8.66. The molecule has 0 unspecified atom stereocenters. The fraction of sp³-hybridized carbons (Fsp3) is 0.417. The quantitative estimate of drug-likeness (QED) is 0.750. The van der Waals surface area contributed by atoms with E-state index in [4.69, 9.17) is 9.84 Å². The Morgan fingerprint density at radius 3 is 2.67 bits per heavy atom. The van der Waals surface area contributed by atoms with Crippen molar-refractivity contribution < 1.29 is 14.6 Å². The van der Waals surface area contributed by atoms with E-state index in [2.05, 4.69) is 0 Å². The number of benzene rings is 1. The number of rotatable bonds is 5. The SMILES string of the molecule is C[C@H](CCO)C(=O)OCc1ccccc1. The molecule has 3 nitrogen and oxygen atoms in total. The molecule has 0 saturated carbocycles. The minimum absolute atomic E-state index is 0.0155. The van der Waals surface area contributed by atoms with Crippen LogP contribution in [0.25, 0.3) is 0 Å². The van der Waals surface area contributed by atoms with E-state index < -0.39 is 0 Å². The molecule has 0 amide bonds. The lowest BCUT2D eigenvalue weighted by molar-refractivity contribution is -0.149. The molecule has 0 spiro atoms. The zero-order chi connectivity index (χ0) is 11.1. The van der Waals surface area contributed by atoms with Gasteiger partial charge in [0.2, 0.25) is 0 Å². The van der Waals surface area contributed by atoms with E-state index in [-0.39, 0.29) is 18.5 Å². The molecule has 1 aromatic rings.